The summed E-state index contributed by atoms with van der Waals surface area (Å²) in [7, 11) is 4.62. The molecule has 0 spiro atoms. The summed E-state index contributed by atoms with van der Waals surface area (Å²) in [5.74, 6) is 1.88. The molecule has 1 aliphatic heterocycles. The fourth-order valence-electron chi connectivity index (χ4n) is 4.12. The van der Waals surface area contributed by atoms with E-state index < -0.39 is 0 Å². The van der Waals surface area contributed by atoms with Gasteiger partial charge in [-0.05, 0) is 62.4 Å². The van der Waals surface area contributed by atoms with Crippen molar-refractivity contribution in [2.24, 2.45) is 11.8 Å². The van der Waals surface area contributed by atoms with Gasteiger partial charge in [0.2, 0.25) is 0 Å². The van der Waals surface area contributed by atoms with Crippen molar-refractivity contribution < 1.29 is 23.8 Å². The van der Waals surface area contributed by atoms with Crippen LogP contribution in [0, 0.1) is 11.8 Å². The zero-order valence-corrected chi connectivity index (χ0v) is 15.7. The van der Waals surface area contributed by atoms with Crippen molar-refractivity contribution in [2.45, 2.75) is 25.7 Å². The zero-order chi connectivity index (χ0) is 18.7. The van der Waals surface area contributed by atoms with Gasteiger partial charge >= 0.3 is 5.97 Å². The van der Waals surface area contributed by atoms with Gasteiger partial charge in [-0.2, -0.15) is 0 Å². The number of benzene rings is 1. The first-order valence-corrected chi connectivity index (χ1v) is 9.14. The van der Waals surface area contributed by atoms with E-state index in [0.717, 1.165) is 49.9 Å². The molecule has 1 aromatic carbocycles. The van der Waals surface area contributed by atoms with Crippen LogP contribution in [0.15, 0.2) is 12.1 Å². The van der Waals surface area contributed by atoms with Gasteiger partial charge in [0.15, 0.2) is 17.3 Å². The number of esters is 1. The number of piperidine rings is 1. The molecule has 0 bridgehead atoms. The van der Waals surface area contributed by atoms with Crippen LogP contribution in [0.1, 0.15) is 35.2 Å². The minimum Gasteiger partial charge on any atom is -0.493 e. The van der Waals surface area contributed by atoms with Gasteiger partial charge in [-0.1, -0.05) is 0 Å². The summed E-state index contributed by atoms with van der Waals surface area (Å²) in [6, 6.07) is 3.75. The number of carbonyl (C=O) groups excluding carboxylic acids is 2. The highest BCUT2D eigenvalue weighted by Crippen LogP contribution is 2.39. The lowest BCUT2D eigenvalue weighted by Crippen LogP contribution is -2.38. The molecule has 142 valence electrons. The molecule has 0 radical (unpaired) electrons. The Morgan fingerprint density at radius 3 is 2.38 bits per heavy atom. The second-order valence-corrected chi connectivity index (χ2v) is 7.16. The first kappa shape index (κ1) is 18.7. The average molecular weight is 361 g/mol. The number of methoxy groups -OCH3 is 3. The predicted molar refractivity (Wildman–Crippen MR) is 96.9 cm³/mol. The maximum Gasteiger partial charge on any atom is 0.319 e. The summed E-state index contributed by atoms with van der Waals surface area (Å²) in [5.41, 5.74) is 1.83. The molecule has 1 atom stereocenters. The van der Waals surface area contributed by atoms with Gasteiger partial charge in [0.1, 0.15) is 0 Å². The van der Waals surface area contributed by atoms with E-state index in [0.29, 0.717) is 24.0 Å². The molecule has 0 aromatic heterocycles. The molecule has 6 nitrogen and oxygen atoms in total. The van der Waals surface area contributed by atoms with Gasteiger partial charge in [0.25, 0.3) is 0 Å². The fraction of sp³-hybridized carbons (Fsp3) is 0.600. The molecular weight excluding hydrogens is 334 g/mol. The van der Waals surface area contributed by atoms with Crippen molar-refractivity contribution in [3.63, 3.8) is 0 Å². The number of likely N-dealkylation sites (tertiary alicyclic amines) is 1. The number of ether oxygens (including phenoxy) is 3. The number of hydrogen-bond donors (Lipinski definition) is 0. The van der Waals surface area contributed by atoms with E-state index in [-0.39, 0.29) is 17.7 Å². The third-order valence-electron chi connectivity index (χ3n) is 5.62. The van der Waals surface area contributed by atoms with Crippen molar-refractivity contribution in [1.29, 1.82) is 0 Å². The maximum atomic E-state index is 12.8. The smallest absolute Gasteiger partial charge is 0.319 e. The first-order valence-electron chi connectivity index (χ1n) is 9.14. The van der Waals surface area contributed by atoms with Crippen molar-refractivity contribution in [3.05, 3.63) is 23.3 Å². The number of fused-ring (bicyclic) bond motifs is 1. The van der Waals surface area contributed by atoms with Crippen LogP contribution in [0.3, 0.4) is 0 Å². The summed E-state index contributed by atoms with van der Waals surface area (Å²) < 4.78 is 15.4. The van der Waals surface area contributed by atoms with Crippen molar-refractivity contribution in [1.82, 2.24) is 4.90 Å². The molecule has 1 aliphatic carbocycles. The van der Waals surface area contributed by atoms with E-state index >= 15 is 0 Å². The standard InChI is InChI=1S/C20H27NO5/c1-24-17-10-14-9-15(20(23)16(14)11-18(17)25-2)8-13-4-6-21(7-5-13)12-19(22)26-3/h10-11,13,15H,4-9,12H2,1-3H3. The van der Waals surface area contributed by atoms with Gasteiger partial charge in [-0.3, -0.25) is 14.5 Å². The number of rotatable bonds is 6. The van der Waals surface area contributed by atoms with E-state index in [9.17, 15) is 9.59 Å². The maximum absolute atomic E-state index is 12.8. The Hall–Kier alpha value is -2.08. The van der Waals surface area contributed by atoms with E-state index in [4.69, 9.17) is 14.2 Å². The lowest BCUT2D eigenvalue weighted by molar-refractivity contribution is -0.142. The molecular formula is C20H27NO5. The number of Topliss-reactive ketones (excluding diaryl/α,β-unsaturated/α-hetero) is 1. The Morgan fingerprint density at radius 2 is 1.77 bits per heavy atom. The van der Waals surface area contributed by atoms with Crippen LogP contribution in [-0.4, -0.2) is 57.6 Å². The minimum absolute atomic E-state index is 0.0407. The Kier molecular flexibility index (Phi) is 5.81. The second kappa shape index (κ2) is 8.08. The highest BCUT2D eigenvalue weighted by atomic mass is 16.5. The number of hydrogen-bond acceptors (Lipinski definition) is 6. The van der Waals surface area contributed by atoms with Gasteiger partial charge in [0, 0.05) is 11.5 Å². The quantitative estimate of drug-likeness (QED) is 0.725. The molecule has 2 aliphatic rings. The Labute approximate surface area is 154 Å². The van der Waals surface area contributed by atoms with Gasteiger partial charge < -0.3 is 14.2 Å². The number of nitrogens with zero attached hydrogens (tertiary/aromatic N) is 1. The van der Waals surface area contributed by atoms with Crippen LogP contribution in [0.25, 0.3) is 0 Å². The second-order valence-electron chi connectivity index (χ2n) is 7.16. The summed E-state index contributed by atoms with van der Waals surface area (Å²) in [6.07, 6.45) is 3.72. The lowest BCUT2D eigenvalue weighted by atomic mass is 9.85. The highest BCUT2D eigenvalue weighted by molar-refractivity contribution is 6.02. The molecule has 1 saturated heterocycles. The minimum atomic E-state index is -0.187. The molecule has 1 unspecified atom stereocenters. The molecule has 0 N–H and O–H groups in total. The van der Waals surface area contributed by atoms with Gasteiger partial charge in [-0.15, -0.1) is 0 Å². The summed E-state index contributed by atoms with van der Waals surface area (Å²) in [4.78, 5) is 26.3. The van der Waals surface area contributed by atoms with Gasteiger partial charge in [0.05, 0.1) is 27.9 Å². The van der Waals surface area contributed by atoms with Gasteiger partial charge in [-0.25, -0.2) is 0 Å². The molecule has 1 heterocycles. The van der Waals surface area contributed by atoms with Crippen LogP contribution in [0.5, 0.6) is 11.5 Å². The van der Waals surface area contributed by atoms with Crippen LogP contribution < -0.4 is 9.47 Å². The summed E-state index contributed by atoms with van der Waals surface area (Å²) in [6.45, 7) is 2.13. The zero-order valence-electron chi connectivity index (χ0n) is 15.7. The van der Waals surface area contributed by atoms with Crippen LogP contribution in [0.2, 0.25) is 0 Å². The SMILES string of the molecule is COC(=O)CN1CCC(CC2Cc3cc(OC)c(OC)cc3C2=O)CC1. The largest absolute Gasteiger partial charge is 0.493 e. The molecule has 0 saturated carbocycles. The van der Waals surface area contributed by atoms with Crippen molar-refractivity contribution in [2.75, 3.05) is 41.0 Å². The molecule has 1 aromatic rings. The monoisotopic (exact) mass is 361 g/mol. The van der Waals surface area contributed by atoms with E-state index in [2.05, 4.69) is 4.90 Å². The average Bonchev–Trinajstić information content (AvgIpc) is 2.96. The van der Waals surface area contributed by atoms with E-state index in [1.54, 1.807) is 14.2 Å². The summed E-state index contributed by atoms with van der Waals surface area (Å²) >= 11 is 0. The number of carbonyl (C=O) groups is 2. The van der Waals surface area contributed by atoms with Crippen molar-refractivity contribution >= 4 is 11.8 Å². The Balaban J connectivity index is 1.59. The molecule has 0 amide bonds. The summed E-state index contributed by atoms with van der Waals surface area (Å²) in [5, 5.41) is 0. The normalized spacial score (nSPS) is 20.7. The fourth-order valence-corrected chi connectivity index (χ4v) is 4.12. The Bertz CT molecular complexity index is 679. The van der Waals surface area contributed by atoms with E-state index in [1.807, 2.05) is 12.1 Å². The highest BCUT2D eigenvalue weighted by Gasteiger charge is 2.34. The Morgan fingerprint density at radius 1 is 1.12 bits per heavy atom. The third-order valence-corrected chi connectivity index (χ3v) is 5.62. The van der Waals surface area contributed by atoms with E-state index in [1.165, 1.54) is 7.11 Å². The molecule has 26 heavy (non-hydrogen) atoms. The molecule has 3 rings (SSSR count). The van der Waals surface area contributed by atoms with Crippen LogP contribution in [-0.2, 0) is 16.0 Å². The predicted octanol–water partition coefficient (Wildman–Crippen LogP) is 2.33. The molecule has 1 fully saturated rings. The van der Waals surface area contributed by atoms with Crippen LogP contribution in [0.4, 0.5) is 0 Å². The number of ketones is 1. The van der Waals surface area contributed by atoms with Crippen LogP contribution >= 0.6 is 0 Å². The topological polar surface area (TPSA) is 65.1 Å². The molecule has 6 heteroatoms. The third kappa shape index (κ3) is 3.85. The lowest BCUT2D eigenvalue weighted by Gasteiger charge is -2.32. The van der Waals surface area contributed by atoms with Crippen molar-refractivity contribution in [3.8, 4) is 11.5 Å². The first-order chi connectivity index (χ1) is 12.5.